The maximum absolute atomic E-state index is 11.5. The zero-order valence-electron chi connectivity index (χ0n) is 10.1. The molecule has 0 bridgehead atoms. The molecule has 1 saturated heterocycles. The lowest BCUT2D eigenvalue weighted by molar-refractivity contribution is -0.215. The monoisotopic (exact) mass is 243 g/mol. The van der Waals surface area contributed by atoms with Crippen molar-refractivity contribution < 1.29 is 14.3 Å². The van der Waals surface area contributed by atoms with Crippen LogP contribution in [0, 0.1) is 23.2 Å². The van der Waals surface area contributed by atoms with Crippen molar-refractivity contribution in [1.82, 2.24) is 0 Å². The van der Waals surface area contributed by atoms with E-state index < -0.39 is 5.60 Å². The van der Waals surface area contributed by atoms with E-state index in [2.05, 4.69) is 6.07 Å². The summed E-state index contributed by atoms with van der Waals surface area (Å²) in [7, 11) is 1.60. The molecule has 0 spiro atoms. The summed E-state index contributed by atoms with van der Waals surface area (Å²) >= 11 is 0. The van der Waals surface area contributed by atoms with Crippen molar-refractivity contribution >= 4 is 5.97 Å². The van der Waals surface area contributed by atoms with Gasteiger partial charge in [0.2, 0.25) is 0 Å². The molecule has 92 valence electrons. The molecule has 3 atom stereocenters. The second kappa shape index (κ2) is 3.74. The molecule has 3 rings (SSSR count). The largest absolute Gasteiger partial charge is 0.497 e. The van der Waals surface area contributed by atoms with Crippen LogP contribution in [0.2, 0.25) is 0 Å². The maximum Gasteiger partial charge on any atom is 0.314 e. The van der Waals surface area contributed by atoms with Crippen molar-refractivity contribution in [2.75, 3.05) is 7.11 Å². The first-order valence-electron chi connectivity index (χ1n) is 5.99. The molecule has 4 nitrogen and oxygen atoms in total. The Kier molecular flexibility index (Phi) is 2.30. The normalized spacial score (nSPS) is 33.0. The van der Waals surface area contributed by atoms with Crippen LogP contribution < -0.4 is 4.74 Å². The summed E-state index contributed by atoms with van der Waals surface area (Å²) in [4.78, 5) is 11.5. The SMILES string of the molecule is COc1ccc([C@]23OC(=O)[C@H]2CC[C@H]3C#N)cc1. The van der Waals surface area contributed by atoms with Crippen LogP contribution >= 0.6 is 0 Å². The molecule has 1 saturated carbocycles. The van der Waals surface area contributed by atoms with Crippen LogP contribution in [0.15, 0.2) is 24.3 Å². The van der Waals surface area contributed by atoms with E-state index in [1.54, 1.807) is 7.11 Å². The number of carbonyl (C=O) groups is 1. The van der Waals surface area contributed by atoms with Gasteiger partial charge in [-0.3, -0.25) is 4.79 Å². The lowest BCUT2D eigenvalue weighted by Crippen LogP contribution is -2.54. The van der Waals surface area contributed by atoms with Gasteiger partial charge >= 0.3 is 5.97 Å². The molecule has 1 aliphatic carbocycles. The number of esters is 1. The molecule has 0 aromatic heterocycles. The van der Waals surface area contributed by atoms with E-state index in [-0.39, 0.29) is 17.8 Å². The summed E-state index contributed by atoms with van der Waals surface area (Å²) in [6.07, 6.45) is 1.46. The zero-order chi connectivity index (χ0) is 12.8. The molecule has 0 unspecified atom stereocenters. The predicted molar refractivity (Wildman–Crippen MR) is 62.6 cm³/mol. The Hall–Kier alpha value is -2.02. The minimum atomic E-state index is -0.710. The van der Waals surface area contributed by atoms with Gasteiger partial charge in [0.05, 0.1) is 19.1 Å². The van der Waals surface area contributed by atoms with E-state index >= 15 is 0 Å². The number of nitrogens with zero attached hydrogens (tertiary/aromatic N) is 1. The van der Waals surface area contributed by atoms with Crippen LogP contribution in [0.4, 0.5) is 0 Å². The molecule has 2 aliphatic rings. The molecule has 4 heteroatoms. The summed E-state index contributed by atoms with van der Waals surface area (Å²) in [5.74, 6) is 0.177. The number of hydrogen-bond donors (Lipinski definition) is 0. The summed E-state index contributed by atoms with van der Waals surface area (Å²) in [5, 5.41) is 9.24. The van der Waals surface area contributed by atoms with Gasteiger partial charge in [-0.1, -0.05) is 12.1 Å². The Morgan fingerprint density at radius 3 is 2.67 bits per heavy atom. The maximum atomic E-state index is 11.5. The quantitative estimate of drug-likeness (QED) is 0.745. The second-order valence-electron chi connectivity index (χ2n) is 4.75. The smallest absolute Gasteiger partial charge is 0.314 e. The van der Waals surface area contributed by atoms with E-state index in [1.165, 1.54) is 0 Å². The average molecular weight is 243 g/mol. The third-order valence-corrected chi connectivity index (χ3v) is 4.03. The highest BCUT2D eigenvalue weighted by atomic mass is 16.6. The number of rotatable bonds is 2. The third kappa shape index (κ3) is 1.22. The minimum absolute atomic E-state index is 0.157. The van der Waals surface area contributed by atoms with Gasteiger partial charge in [-0.2, -0.15) is 5.26 Å². The Bertz CT molecular complexity index is 531. The van der Waals surface area contributed by atoms with Crippen LogP contribution in [0.1, 0.15) is 18.4 Å². The van der Waals surface area contributed by atoms with Gasteiger partial charge in [0.15, 0.2) is 5.60 Å². The number of fused-ring (bicyclic) bond motifs is 1. The number of carbonyl (C=O) groups excluding carboxylic acids is 1. The van der Waals surface area contributed by atoms with Gasteiger partial charge in [0, 0.05) is 0 Å². The first-order chi connectivity index (χ1) is 8.72. The lowest BCUT2D eigenvalue weighted by Gasteiger charge is -2.45. The summed E-state index contributed by atoms with van der Waals surface area (Å²) < 4.78 is 10.5. The molecular formula is C14H13NO3. The number of ether oxygens (including phenoxy) is 2. The molecule has 0 N–H and O–H groups in total. The van der Waals surface area contributed by atoms with Crippen molar-refractivity contribution in [3.63, 3.8) is 0 Å². The van der Waals surface area contributed by atoms with Gasteiger partial charge in [-0.25, -0.2) is 0 Å². The molecule has 18 heavy (non-hydrogen) atoms. The van der Waals surface area contributed by atoms with Crippen LogP contribution in [-0.4, -0.2) is 13.1 Å². The first-order valence-corrected chi connectivity index (χ1v) is 5.99. The standard InChI is InChI=1S/C14H13NO3/c1-17-11-5-2-9(3-6-11)14-10(8-15)4-7-12(14)13(16)18-14/h2-3,5-6,10,12H,4,7H2,1H3/t10-,12+,14+/m0/s1. The molecule has 1 aromatic carbocycles. The number of hydrogen-bond acceptors (Lipinski definition) is 4. The van der Waals surface area contributed by atoms with E-state index in [9.17, 15) is 10.1 Å². The highest BCUT2D eigenvalue weighted by molar-refractivity contribution is 5.82. The Morgan fingerprint density at radius 1 is 1.39 bits per heavy atom. The van der Waals surface area contributed by atoms with Gasteiger partial charge < -0.3 is 9.47 Å². The highest BCUT2D eigenvalue weighted by Crippen LogP contribution is 2.57. The summed E-state index contributed by atoms with van der Waals surface area (Å²) in [5.41, 5.74) is 0.190. The van der Waals surface area contributed by atoms with Crippen molar-refractivity contribution in [2.45, 2.75) is 18.4 Å². The Balaban J connectivity index is 2.02. The Labute approximate surface area is 105 Å². The van der Waals surface area contributed by atoms with Crippen molar-refractivity contribution in [3.05, 3.63) is 29.8 Å². The molecule has 0 radical (unpaired) electrons. The van der Waals surface area contributed by atoms with Crippen LogP contribution in [0.25, 0.3) is 0 Å². The fraction of sp³-hybridized carbons (Fsp3) is 0.429. The summed E-state index contributed by atoms with van der Waals surface area (Å²) in [6.45, 7) is 0. The van der Waals surface area contributed by atoms with Crippen molar-refractivity contribution in [3.8, 4) is 11.8 Å². The van der Waals surface area contributed by atoms with E-state index in [0.29, 0.717) is 0 Å². The third-order valence-electron chi connectivity index (χ3n) is 4.03. The highest BCUT2D eigenvalue weighted by Gasteiger charge is 2.65. The predicted octanol–water partition coefficient (Wildman–Crippen LogP) is 2.00. The molecule has 1 aliphatic heterocycles. The molecule has 0 amide bonds. The zero-order valence-corrected chi connectivity index (χ0v) is 10.1. The number of benzene rings is 1. The van der Waals surface area contributed by atoms with Crippen molar-refractivity contribution in [1.29, 1.82) is 5.26 Å². The van der Waals surface area contributed by atoms with Gasteiger partial charge in [0.1, 0.15) is 11.7 Å². The second-order valence-corrected chi connectivity index (χ2v) is 4.75. The molecular weight excluding hydrogens is 230 g/mol. The van der Waals surface area contributed by atoms with Crippen LogP contribution in [0.3, 0.4) is 0 Å². The minimum Gasteiger partial charge on any atom is -0.497 e. The van der Waals surface area contributed by atoms with Crippen LogP contribution in [-0.2, 0) is 15.1 Å². The number of methoxy groups -OCH3 is 1. The van der Waals surface area contributed by atoms with E-state index in [4.69, 9.17) is 9.47 Å². The average Bonchev–Trinajstić information content (AvgIpc) is 2.71. The summed E-state index contributed by atoms with van der Waals surface area (Å²) in [6, 6.07) is 9.71. The van der Waals surface area contributed by atoms with Gasteiger partial charge in [-0.05, 0) is 30.5 Å². The number of nitriles is 1. The lowest BCUT2D eigenvalue weighted by atomic mass is 9.74. The van der Waals surface area contributed by atoms with E-state index in [0.717, 1.165) is 24.2 Å². The first kappa shape index (κ1) is 11.1. The molecule has 1 aromatic rings. The van der Waals surface area contributed by atoms with E-state index in [1.807, 2.05) is 24.3 Å². The fourth-order valence-corrected chi connectivity index (χ4v) is 3.09. The van der Waals surface area contributed by atoms with Crippen molar-refractivity contribution in [2.24, 2.45) is 11.8 Å². The Morgan fingerprint density at radius 2 is 2.11 bits per heavy atom. The fourth-order valence-electron chi connectivity index (χ4n) is 3.09. The topological polar surface area (TPSA) is 59.3 Å². The van der Waals surface area contributed by atoms with Gasteiger partial charge in [0.25, 0.3) is 0 Å². The van der Waals surface area contributed by atoms with Gasteiger partial charge in [-0.15, -0.1) is 0 Å². The molecule has 2 fully saturated rings. The van der Waals surface area contributed by atoms with Crippen LogP contribution in [0.5, 0.6) is 5.75 Å². The molecule has 1 heterocycles.